The van der Waals surface area contributed by atoms with Crippen molar-refractivity contribution in [3.63, 3.8) is 0 Å². The highest BCUT2D eigenvalue weighted by atomic mass is 19.1. The van der Waals surface area contributed by atoms with Gasteiger partial charge in [-0.1, -0.05) is 55.3 Å². The molecule has 126 valence electrons. The maximum Gasteiger partial charge on any atom is 0.230 e. The van der Waals surface area contributed by atoms with Crippen LogP contribution in [0.4, 0.5) is 4.39 Å². The van der Waals surface area contributed by atoms with Crippen LogP contribution < -0.4 is 5.32 Å². The SMILES string of the molecule is O=C(NCCCc1ccccc1)C1(c2ccc(F)cc2)CCCC1. The summed E-state index contributed by atoms with van der Waals surface area (Å²) >= 11 is 0. The van der Waals surface area contributed by atoms with Crippen LogP contribution in [-0.2, 0) is 16.6 Å². The maximum atomic E-state index is 13.2. The van der Waals surface area contributed by atoms with Gasteiger partial charge in [-0.05, 0) is 48.9 Å². The van der Waals surface area contributed by atoms with E-state index in [1.807, 2.05) is 18.2 Å². The molecule has 2 aromatic rings. The second-order valence-electron chi connectivity index (χ2n) is 6.64. The van der Waals surface area contributed by atoms with Gasteiger partial charge in [0.05, 0.1) is 5.41 Å². The molecule has 0 radical (unpaired) electrons. The molecule has 0 bridgehead atoms. The number of hydrogen-bond donors (Lipinski definition) is 1. The summed E-state index contributed by atoms with van der Waals surface area (Å²) in [5, 5.41) is 3.12. The van der Waals surface area contributed by atoms with Crippen LogP contribution in [0, 0.1) is 5.82 Å². The number of hydrogen-bond acceptors (Lipinski definition) is 1. The van der Waals surface area contributed by atoms with Crippen LogP contribution in [0.1, 0.15) is 43.2 Å². The van der Waals surface area contributed by atoms with Gasteiger partial charge in [0.1, 0.15) is 5.82 Å². The average Bonchev–Trinajstić information content (AvgIpc) is 3.11. The molecule has 1 aliphatic carbocycles. The molecule has 0 spiro atoms. The molecule has 0 aromatic heterocycles. The first-order valence-electron chi connectivity index (χ1n) is 8.79. The Morgan fingerprint density at radius 2 is 1.67 bits per heavy atom. The van der Waals surface area contributed by atoms with E-state index in [0.29, 0.717) is 6.54 Å². The monoisotopic (exact) mass is 325 g/mol. The minimum atomic E-state index is -0.472. The summed E-state index contributed by atoms with van der Waals surface area (Å²) in [5.41, 5.74) is 1.77. The van der Waals surface area contributed by atoms with Gasteiger partial charge in [0, 0.05) is 6.54 Å². The van der Waals surface area contributed by atoms with Gasteiger partial charge in [0.2, 0.25) is 5.91 Å². The summed E-state index contributed by atoms with van der Waals surface area (Å²) in [7, 11) is 0. The fourth-order valence-corrected chi connectivity index (χ4v) is 3.70. The van der Waals surface area contributed by atoms with E-state index in [2.05, 4.69) is 17.4 Å². The fraction of sp³-hybridized carbons (Fsp3) is 0.381. The Morgan fingerprint density at radius 3 is 2.33 bits per heavy atom. The number of rotatable bonds is 6. The molecule has 1 fully saturated rings. The Kier molecular flexibility index (Phi) is 5.29. The summed E-state index contributed by atoms with van der Waals surface area (Å²) < 4.78 is 13.2. The molecule has 1 aliphatic rings. The number of nitrogens with one attached hydrogen (secondary N) is 1. The number of carbonyl (C=O) groups is 1. The molecular formula is C21H24FNO. The molecule has 0 unspecified atom stereocenters. The van der Waals surface area contributed by atoms with Crippen molar-refractivity contribution in [3.05, 3.63) is 71.5 Å². The highest BCUT2D eigenvalue weighted by molar-refractivity contribution is 5.88. The highest BCUT2D eigenvalue weighted by Gasteiger charge is 2.42. The van der Waals surface area contributed by atoms with Gasteiger partial charge < -0.3 is 5.32 Å². The van der Waals surface area contributed by atoms with Crippen molar-refractivity contribution >= 4 is 5.91 Å². The molecule has 0 aliphatic heterocycles. The van der Waals surface area contributed by atoms with E-state index in [0.717, 1.165) is 44.1 Å². The Balaban J connectivity index is 1.60. The normalized spacial score (nSPS) is 16.0. The molecule has 3 rings (SSSR count). The first-order chi connectivity index (χ1) is 11.7. The smallest absolute Gasteiger partial charge is 0.230 e. The Hall–Kier alpha value is -2.16. The van der Waals surface area contributed by atoms with Crippen molar-refractivity contribution in [1.29, 1.82) is 0 Å². The number of benzene rings is 2. The first-order valence-corrected chi connectivity index (χ1v) is 8.79. The summed E-state index contributed by atoms with van der Waals surface area (Å²) in [6.07, 6.45) is 5.69. The third-order valence-electron chi connectivity index (χ3n) is 5.06. The predicted molar refractivity (Wildman–Crippen MR) is 94.3 cm³/mol. The van der Waals surface area contributed by atoms with Crippen LogP contribution in [0.5, 0.6) is 0 Å². The van der Waals surface area contributed by atoms with Crippen LogP contribution in [0.25, 0.3) is 0 Å². The van der Waals surface area contributed by atoms with E-state index < -0.39 is 5.41 Å². The number of aryl methyl sites for hydroxylation is 1. The molecule has 3 heteroatoms. The van der Waals surface area contributed by atoms with Gasteiger partial charge >= 0.3 is 0 Å². The predicted octanol–water partition coefficient (Wildman–Crippen LogP) is 4.39. The topological polar surface area (TPSA) is 29.1 Å². The van der Waals surface area contributed by atoms with Gasteiger partial charge in [0.15, 0.2) is 0 Å². The van der Waals surface area contributed by atoms with Crippen LogP contribution in [-0.4, -0.2) is 12.5 Å². The molecule has 24 heavy (non-hydrogen) atoms. The first kappa shape index (κ1) is 16.7. The quantitative estimate of drug-likeness (QED) is 0.784. The van der Waals surface area contributed by atoms with E-state index in [1.165, 1.54) is 17.7 Å². The van der Waals surface area contributed by atoms with Crippen molar-refractivity contribution in [1.82, 2.24) is 5.32 Å². The lowest BCUT2D eigenvalue weighted by Gasteiger charge is -2.28. The van der Waals surface area contributed by atoms with Crippen LogP contribution in [0.3, 0.4) is 0 Å². The minimum Gasteiger partial charge on any atom is -0.355 e. The molecule has 1 amide bonds. The van der Waals surface area contributed by atoms with Crippen LogP contribution in [0.15, 0.2) is 54.6 Å². The zero-order valence-corrected chi connectivity index (χ0v) is 13.9. The van der Waals surface area contributed by atoms with Crippen LogP contribution >= 0.6 is 0 Å². The zero-order valence-electron chi connectivity index (χ0n) is 13.9. The van der Waals surface area contributed by atoms with E-state index in [1.54, 1.807) is 12.1 Å². The van der Waals surface area contributed by atoms with E-state index in [4.69, 9.17) is 0 Å². The van der Waals surface area contributed by atoms with Crippen molar-refractivity contribution in [2.45, 2.75) is 43.9 Å². The van der Waals surface area contributed by atoms with Crippen LogP contribution in [0.2, 0.25) is 0 Å². The molecule has 2 nitrogen and oxygen atoms in total. The zero-order chi connectivity index (χ0) is 16.8. The number of amides is 1. The molecule has 1 N–H and O–H groups in total. The highest BCUT2D eigenvalue weighted by Crippen LogP contribution is 2.41. The summed E-state index contributed by atoms with van der Waals surface area (Å²) in [6.45, 7) is 0.677. The Morgan fingerprint density at radius 1 is 1.00 bits per heavy atom. The standard InChI is InChI=1S/C21H24FNO/c22-19-12-10-18(11-13-19)21(14-4-5-15-21)20(24)23-16-6-9-17-7-2-1-3-8-17/h1-3,7-8,10-13H,4-6,9,14-16H2,(H,23,24). The fourth-order valence-electron chi connectivity index (χ4n) is 3.70. The van der Waals surface area contributed by atoms with E-state index in [-0.39, 0.29) is 11.7 Å². The summed E-state index contributed by atoms with van der Waals surface area (Å²) in [4.78, 5) is 12.9. The van der Waals surface area contributed by atoms with Gasteiger partial charge in [-0.25, -0.2) is 4.39 Å². The molecule has 0 saturated heterocycles. The van der Waals surface area contributed by atoms with Gasteiger partial charge in [-0.3, -0.25) is 4.79 Å². The third kappa shape index (κ3) is 3.66. The van der Waals surface area contributed by atoms with Crippen molar-refractivity contribution < 1.29 is 9.18 Å². The van der Waals surface area contributed by atoms with Gasteiger partial charge in [-0.2, -0.15) is 0 Å². The molecular weight excluding hydrogens is 301 g/mol. The number of carbonyl (C=O) groups excluding carboxylic acids is 1. The van der Waals surface area contributed by atoms with E-state index >= 15 is 0 Å². The maximum absolute atomic E-state index is 13.2. The van der Waals surface area contributed by atoms with Crippen molar-refractivity contribution in [3.8, 4) is 0 Å². The lowest BCUT2D eigenvalue weighted by atomic mass is 9.78. The second-order valence-corrected chi connectivity index (χ2v) is 6.64. The van der Waals surface area contributed by atoms with Crippen molar-refractivity contribution in [2.75, 3.05) is 6.54 Å². The summed E-state index contributed by atoms with van der Waals surface area (Å²) in [5.74, 6) is -0.158. The van der Waals surface area contributed by atoms with Gasteiger partial charge in [-0.15, -0.1) is 0 Å². The Labute approximate surface area is 143 Å². The van der Waals surface area contributed by atoms with Crippen molar-refractivity contribution in [2.24, 2.45) is 0 Å². The largest absolute Gasteiger partial charge is 0.355 e. The van der Waals surface area contributed by atoms with Gasteiger partial charge in [0.25, 0.3) is 0 Å². The van der Waals surface area contributed by atoms with E-state index in [9.17, 15) is 9.18 Å². The lowest BCUT2D eigenvalue weighted by molar-refractivity contribution is -0.126. The molecule has 0 atom stereocenters. The molecule has 0 heterocycles. The average molecular weight is 325 g/mol. The number of halogens is 1. The third-order valence-corrected chi connectivity index (χ3v) is 5.06. The second kappa shape index (κ2) is 7.61. The molecule has 1 saturated carbocycles. The minimum absolute atomic E-state index is 0.0969. The Bertz CT molecular complexity index is 660. The summed E-state index contributed by atoms with van der Waals surface area (Å²) in [6, 6.07) is 16.8. The lowest BCUT2D eigenvalue weighted by Crippen LogP contribution is -2.43. The molecule has 2 aromatic carbocycles.